The van der Waals surface area contributed by atoms with Gasteiger partial charge in [0.25, 0.3) is 5.56 Å². The van der Waals surface area contributed by atoms with Gasteiger partial charge in [0.15, 0.2) is 0 Å². The summed E-state index contributed by atoms with van der Waals surface area (Å²) in [5, 5.41) is 15.7. The fraction of sp³-hybridized carbons (Fsp3) is 0.455. The van der Waals surface area contributed by atoms with Crippen LogP contribution in [0.1, 0.15) is 50.2 Å². The van der Waals surface area contributed by atoms with Gasteiger partial charge in [-0.1, -0.05) is 12.2 Å². The summed E-state index contributed by atoms with van der Waals surface area (Å²) in [4.78, 5) is 29.3. The molecule has 0 amide bonds. The van der Waals surface area contributed by atoms with Crippen LogP contribution in [0.2, 0.25) is 0 Å². The van der Waals surface area contributed by atoms with Gasteiger partial charge in [0.05, 0.1) is 18.7 Å². The molecule has 1 aliphatic carbocycles. The number of rotatable bonds is 4. The Balaban J connectivity index is 1.58. The number of H-pyrrole nitrogens is 1. The van der Waals surface area contributed by atoms with E-state index in [1.165, 1.54) is 0 Å². The number of allylic oxidation sites excluding steroid dienone is 4. The van der Waals surface area contributed by atoms with Crippen molar-refractivity contribution in [2.45, 2.75) is 51.6 Å². The Morgan fingerprint density at radius 2 is 2.20 bits per heavy atom. The molecule has 4 rings (SSSR count). The van der Waals surface area contributed by atoms with Gasteiger partial charge in [-0.15, -0.1) is 0 Å². The van der Waals surface area contributed by atoms with Crippen LogP contribution in [-0.2, 0) is 6.42 Å². The van der Waals surface area contributed by atoms with Crippen LogP contribution < -0.4 is 16.2 Å². The number of nitrogens with zero attached hydrogens (tertiary/aromatic N) is 3. The molecule has 30 heavy (non-hydrogen) atoms. The normalized spacial score (nSPS) is 23.9. The van der Waals surface area contributed by atoms with Crippen molar-refractivity contribution >= 4 is 17.4 Å². The van der Waals surface area contributed by atoms with Crippen LogP contribution in [0.15, 0.2) is 55.6 Å². The summed E-state index contributed by atoms with van der Waals surface area (Å²) in [6.45, 7) is 2.56. The first-order chi connectivity index (χ1) is 14.6. The Labute approximate surface area is 175 Å². The molecule has 0 fully saturated rings. The van der Waals surface area contributed by atoms with E-state index in [-0.39, 0.29) is 18.3 Å². The fourth-order valence-corrected chi connectivity index (χ4v) is 3.96. The first-order valence-corrected chi connectivity index (χ1v) is 10.5. The summed E-state index contributed by atoms with van der Waals surface area (Å²) < 4.78 is 0. The molecular formula is C22H28N6O2. The number of hydrogen-bond acceptors (Lipinski definition) is 6. The fourth-order valence-electron chi connectivity index (χ4n) is 3.96. The summed E-state index contributed by atoms with van der Waals surface area (Å²) in [5.41, 5.74) is 4.66. The van der Waals surface area contributed by atoms with E-state index < -0.39 is 0 Å². The lowest BCUT2D eigenvalue weighted by Crippen LogP contribution is -2.37. The van der Waals surface area contributed by atoms with Crippen LogP contribution in [0, 0.1) is 0 Å². The molecule has 2 aliphatic heterocycles. The molecule has 3 heterocycles. The van der Waals surface area contributed by atoms with Crippen molar-refractivity contribution in [1.29, 1.82) is 0 Å². The molecule has 0 bridgehead atoms. The standard InChI is InChI=1S/C22H28N6O2/c1-14-3-2-4-18(25-14)27-19-13-15-9-10-24-22(30)20(15)21(28-19)26-17-7-5-16(6-8-17)23-11-12-29/h3,7,9-10,19,29H,2,4-6,8,11-13H2,1H3,(H,24,30)(H,25,27)(H,26,28). The van der Waals surface area contributed by atoms with E-state index >= 15 is 0 Å². The van der Waals surface area contributed by atoms with Crippen molar-refractivity contribution in [3.8, 4) is 0 Å². The molecule has 1 atom stereocenters. The number of fused-ring (bicyclic) bond motifs is 1. The van der Waals surface area contributed by atoms with Crippen LogP contribution in [0.25, 0.3) is 0 Å². The van der Waals surface area contributed by atoms with Gasteiger partial charge < -0.3 is 20.7 Å². The van der Waals surface area contributed by atoms with E-state index in [4.69, 9.17) is 15.1 Å². The minimum absolute atomic E-state index is 0.0722. The molecule has 4 N–H and O–H groups in total. The predicted molar refractivity (Wildman–Crippen MR) is 119 cm³/mol. The van der Waals surface area contributed by atoms with E-state index in [9.17, 15) is 4.79 Å². The molecule has 0 spiro atoms. The summed E-state index contributed by atoms with van der Waals surface area (Å²) in [6, 6.07) is 1.94. The third-order valence-corrected chi connectivity index (χ3v) is 5.42. The molecule has 0 radical (unpaired) electrons. The molecule has 1 unspecified atom stereocenters. The molecule has 8 heteroatoms. The molecule has 1 aromatic rings. The smallest absolute Gasteiger partial charge is 0.259 e. The Morgan fingerprint density at radius 3 is 2.97 bits per heavy atom. The van der Waals surface area contributed by atoms with Gasteiger partial charge in [-0.25, -0.2) is 9.98 Å². The van der Waals surface area contributed by atoms with E-state index in [1.807, 2.05) is 13.0 Å². The van der Waals surface area contributed by atoms with Crippen LogP contribution in [-0.4, -0.2) is 46.8 Å². The van der Waals surface area contributed by atoms with Gasteiger partial charge in [0.1, 0.15) is 17.8 Å². The Bertz CT molecular complexity index is 1010. The third kappa shape index (κ3) is 4.76. The van der Waals surface area contributed by atoms with Gasteiger partial charge in [-0.3, -0.25) is 9.79 Å². The van der Waals surface area contributed by atoms with Gasteiger partial charge in [-0.2, -0.15) is 0 Å². The number of aliphatic hydroxyl groups is 1. The summed E-state index contributed by atoms with van der Waals surface area (Å²) in [5.74, 6) is 1.52. The zero-order valence-electron chi connectivity index (χ0n) is 17.2. The van der Waals surface area contributed by atoms with Gasteiger partial charge in [0.2, 0.25) is 0 Å². The highest BCUT2D eigenvalue weighted by Gasteiger charge is 2.25. The van der Waals surface area contributed by atoms with Gasteiger partial charge in [-0.05, 0) is 37.8 Å². The lowest BCUT2D eigenvalue weighted by atomic mass is 9.99. The van der Waals surface area contributed by atoms with E-state index in [2.05, 4.69) is 32.8 Å². The third-order valence-electron chi connectivity index (χ3n) is 5.42. The number of nitrogens with one attached hydrogen (secondary N) is 3. The Morgan fingerprint density at radius 1 is 1.30 bits per heavy atom. The molecule has 0 aromatic carbocycles. The van der Waals surface area contributed by atoms with Crippen LogP contribution in [0.5, 0.6) is 0 Å². The van der Waals surface area contributed by atoms with E-state index in [0.717, 1.165) is 60.6 Å². The average Bonchev–Trinajstić information content (AvgIpc) is 2.73. The number of aromatic amines is 1. The topological polar surface area (TPSA) is 114 Å². The molecular weight excluding hydrogens is 380 g/mol. The lowest BCUT2D eigenvalue weighted by Gasteiger charge is -2.25. The Kier molecular flexibility index (Phi) is 6.23. The van der Waals surface area contributed by atoms with Gasteiger partial charge in [0, 0.05) is 42.6 Å². The maximum atomic E-state index is 12.5. The molecule has 0 saturated carbocycles. The maximum absolute atomic E-state index is 12.5. The summed E-state index contributed by atoms with van der Waals surface area (Å²) in [7, 11) is 0. The molecule has 1 aromatic heterocycles. The quantitative estimate of drug-likeness (QED) is 0.608. The highest BCUT2D eigenvalue weighted by Crippen LogP contribution is 2.20. The predicted octanol–water partition coefficient (Wildman–Crippen LogP) is 1.78. The van der Waals surface area contributed by atoms with Crippen LogP contribution in [0.4, 0.5) is 0 Å². The number of aliphatic hydroxyl groups excluding tert-OH is 1. The summed E-state index contributed by atoms with van der Waals surface area (Å²) in [6.07, 6.45) is 10.5. The van der Waals surface area contributed by atoms with Gasteiger partial charge >= 0.3 is 0 Å². The minimum Gasteiger partial charge on any atom is -0.394 e. The number of aliphatic imine (C=N–C) groups is 3. The Hall–Kier alpha value is -3.00. The zero-order valence-corrected chi connectivity index (χ0v) is 17.2. The molecule has 8 nitrogen and oxygen atoms in total. The number of hydrogen-bond donors (Lipinski definition) is 4. The minimum atomic E-state index is -0.263. The largest absolute Gasteiger partial charge is 0.394 e. The van der Waals surface area contributed by atoms with Crippen molar-refractivity contribution in [3.63, 3.8) is 0 Å². The highest BCUT2D eigenvalue weighted by molar-refractivity contribution is 6.02. The first-order valence-electron chi connectivity index (χ1n) is 10.5. The molecule has 158 valence electrons. The maximum Gasteiger partial charge on any atom is 0.259 e. The first kappa shape index (κ1) is 20.3. The van der Waals surface area contributed by atoms with Crippen molar-refractivity contribution in [2.24, 2.45) is 15.0 Å². The second-order valence-corrected chi connectivity index (χ2v) is 7.73. The SMILES string of the molecule is CC1=CCCC(=NC2Cc3cc[nH]c(=O)c3C(NC3=CCC(=NCCO)CC3)=N2)N1. The van der Waals surface area contributed by atoms with E-state index in [0.29, 0.717) is 24.4 Å². The summed E-state index contributed by atoms with van der Waals surface area (Å²) >= 11 is 0. The molecule has 3 aliphatic rings. The second-order valence-electron chi connectivity index (χ2n) is 7.73. The lowest BCUT2D eigenvalue weighted by molar-refractivity contribution is 0.306. The second kappa shape index (κ2) is 9.21. The van der Waals surface area contributed by atoms with Crippen molar-refractivity contribution in [2.75, 3.05) is 13.2 Å². The van der Waals surface area contributed by atoms with Crippen molar-refractivity contribution in [3.05, 3.63) is 57.3 Å². The van der Waals surface area contributed by atoms with Crippen LogP contribution in [0.3, 0.4) is 0 Å². The molecule has 0 saturated heterocycles. The van der Waals surface area contributed by atoms with Crippen LogP contribution >= 0.6 is 0 Å². The van der Waals surface area contributed by atoms with Crippen molar-refractivity contribution in [1.82, 2.24) is 15.6 Å². The zero-order chi connectivity index (χ0) is 20.9. The monoisotopic (exact) mass is 408 g/mol. The number of pyridine rings is 1. The number of amidine groups is 2. The van der Waals surface area contributed by atoms with Crippen molar-refractivity contribution < 1.29 is 5.11 Å². The number of aromatic nitrogens is 1. The highest BCUT2D eigenvalue weighted by atomic mass is 16.3. The van der Waals surface area contributed by atoms with E-state index in [1.54, 1.807) is 6.20 Å². The average molecular weight is 409 g/mol.